The topological polar surface area (TPSA) is 20.2 Å². The Morgan fingerprint density at radius 2 is 1.90 bits per heavy atom. The van der Waals surface area contributed by atoms with E-state index in [1.807, 2.05) is 11.8 Å². The zero-order valence-electron chi connectivity index (χ0n) is 11.1. The molecular weight excluding hydrogens is 271 g/mol. The Kier molecular flexibility index (Phi) is 4.08. The van der Waals surface area contributed by atoms with Crippen LogP contribution in [0, 0.1) is 5.82 Å². The average molecular weight is 288 g/mol. The summed E-state index contributed by atoms with van der Waals surface area (Å²) in [5, 5.41) is 10.1. The van der Waals surface area contributed by atoms with Gasteiger partial charge in [0.1, 0.15) is 5.82 Å². The molecule has 1 aliphatic rings. The monoisotopic (exact) mass is 288 g/mol. The van der Waals surface area contributed by atoms with Crippen molar-refractivity contribution in [1.29, 1.82) is 0 Å². The minimum absolute atomic E-state index is 0.0856. The maximum atomic E-state index is 13.0. The average Bonchev–Trinajstić information content (AvgIpc) is 2.88. The number of fused-ring (bicyclic) bond motifs is 1. The van der Waals surface area contributed by atoms with Gasteiger partial charge in [-0.2, -0.15) is 0 Å². The lowest BCUT2D eigenvalue weighted by atomic mass is 9.93. The Morgan fingerprint density at radius 1 is 1.15 bits per heavy atom. The van der Waals surface area contributed by atoms with E-state index in [-0.39, 0.29) is 18.3 Å². The van der Waals surface area contributed by atoms with E-state index in [0.29, 0.717) is 5.25 Å². The lowest BCUT2D eigenvalue weighted by Gasteiger charge is -2.18. The van der Waals surface area contributed by atoms with Gasteiger partial charge in [-0.1, -0.05) is 30.3 Å². The molecule has 2 atom stereocenters. The number of halogens is 1. The molecular formula is C17H17FOS. The van der Waals surface area contributed by atoms with Crippen LogP contribution in [-0.2, 0) is 6.42 Å². The van der Waals surface area contributed by atoms with Gasteiger partial charge in [-0.15, -0.1) is 11.8 Å². The molecule has 0 fully saturated rings. The van der Waals surface area contributed by atoms with Gasteiger partial charge in [0, 0.05) is 22.7 Å². The van der Waals surface area contributed by atoms with E-state index >= 15 is 0 Å². The second-order valence-corrected chi connectivity index (χ2v) is 6.56. The first-order chi connectivity index (χ1) is 9.76. The third kappa shape index (κ3) is 2.89. The number of thioether (sulfide) groups is 1. The summed E-state index contributed by atoms with van der Waals surface area (Å²) in [4.78, 5) is 1.35. The molecule has 0 spiro atoms. The third-order valence-electron chi connectivity index (χ3n) is 3.82. The molecule has 0 amide bonds. The zero-order valence-corrected chi connectivity index (χ0v) is 11.9. The number of hydrogen-bond donors (Lipinski definition) is 1. The SMILES string of the molecule is OCC(CC1Cc2ccccc2S1)c1ccc(F)cc1. The summed E-state index contributed by atoms with van der Waals surface area (Å²) < 4.78 is 13.0. The van der Waals surface area contributed by atoms with Gasteiger partial charge in [0.25, 0.3) is 0 Å². The van der Waals surface area contributed by atoms with E-state index < -0.39 is 0 Å². The van der Waals surface area contributed by atoms with E-state index in [1.54, 1.807) is 12.1 Å². The molecule has 2 unspecified atom stereocenters. The van der Waals surface area contributed by atoms with Crippen molar-refractivity contribution < 1.29 is 9.50 Å². The fraction of sp³-hybridized carbons (Fsp3) is 0.294. The van der Waals surface area contributed by atoms with E-state index in [9.17, 15) is 9.50 Å². The number of aliphatic hydroxyl groups is 1. The summed E-state index contributed by atoms with van der Waals surface area (Å²) >= 11 is 1.89. The van der Waals surface area contributed by atoms with Gasteiger partial charge in [0.2, 0.25) is 0 Å². The van der Waals surface area contributed by atoms with E-state index in [4.69, 9.17) is 0 Å². The maximum absolute atomic E-state index is 13.0. The Hall–Kier alpha value is -1.32. The van der Waals surface area contributed by atoms with Crippen molar-refractivity contribution in [3.05, 3.63) is 65.5 Å². The molecule has 3 rings (SSSR count). The van der Waals surface area contributed by atoms with Crippen LogP contribution in [0.4, 0.5) is 4.39 Å². The number of hydrogen-bond acceptors (Lipinski definition) is 2. The Labute approximate surface area is 122 Å². The van der Waals surface area contributed by atoms with Crippen LogP contribution in [-0.4, -0.2) is 17.0 Å². The first-order valence-corrected chi connectivity index (χ1v) is 7.75. The summed E-state index contributed by atoms with van der Waals surface area (Å²) in [5.74, 6) is -0.143. The van der Waals surface area contributed by atoms with Crippen LogP contribution < -0.4 is 0 Å². The van der Waals surface area contributed by atoms with Crippen molar-refractivity contribution >= 4 is 11.8 Å². The number of benzene rings is 2. The molecule has 20 heavy (non-hydrogen) atoms. The van der Waals surface area contributed by atoms with Gasteiger partial charge in [-0.25, -0.2) is 4.39 Å². The van der Waals surface area contributed by atoms with Gasteiger partial charge < -0.3 is 5.11 Å². The van der Waals surface area contributed by atoms with Gasteiger partial charge in [-0.3, -0.25) is 0 Å². The van der Waals surface area contributed by atoms with Crippen molar-refractivity contribution in [2.24, 2.45) is 0 Å². The molecule has 3 heteroatoms. The molecule has 1 N–H and O–H groups in total. The molecule has 0 aromatic heterocycles. The quantitative estimate of drug-likeness (QED) is 0.917. The van der Waals surface area contributed by atoms with Crippen molar-refractivity contribution in [2.45, 2.75) is 28.9 Å². The highest BCUT2D eigenvalue weighted by Crippen LogP contribution is 2.41. The lowest BCUT2D eigenvalue weighted by molar-refractivity contribution is 0.258. The van der Waals surface area contributed by atoms with E-state index in [2.05, 4.69) is 24.3 Å². The Morgan fingerprint density at radius 3 is 2.60 bits per heavy atom. The molecule has 0 saturated carbocycles. The second kappa shape index (κ2) is 5.98. The normalized spacial score (nSPS) is 18.8. The second-order valence-electron chi connectivity index (χ2n) is 5.22. The maximum Gasteiger partial charge on any atom is 0.123 e. The van der Waals surface area contributed by atoms with Crippen LogP contribution in [0.5, 0.6) is 0 Å². The summed E-state index contributed by atoms with van der Waals surface area (Å²) in [7, 11) is 0. The Balaban J connectivity index is 1.69. The standard InChI is InChI=1S/C17H17FOS/c18-15-7-5-12(6-8-15)14(11-19)10-16-9-13-3-1-2-4-17(13)20-16/h1-8,14,16,19H,9-11H2. The van der Waals surface area contributed by atoms with Crippen LogP contribution in [0.2, 0.25) is 0 Å². The lowest BCUT2D eigenvalue weighted by Crippen LogP contribution is -2.12. The summed E-state index contributed by atoms with van der Waals surface area (Å²) in [6.07, 6.45) is 1.97. The van der Waals surface area contributed by atoms with Crippen LogP contribution in [0.1, 0.15) is 23.5 Å². The molecule has 0 radical (unpaired) electrons. The van der Waals surface area contributed by atoms with Crippen molar-refractivity contribution in [1.82, 2.24) is 0 Å². The summed E-state index contributed by atoms with van der Waals surface area (Å²) in [5.41, 5.74) is 2.42. The molecule has 1 nitrogen and oxygen atoms in total. The van der Waals surface area contributed by atoms with E-state index in [1.165, 1.54) is 22.6 Å². The van der Waals surface area contributed by atoms with Gasteiger partial charge >= 0.3 is 0 Å². The predicted molar refractivity (Wildman–Crippen MR) is 80.6 cm³/mol. The van der Waals surface area contributed by atoms with Gasteiger partial charge in [0.15, 0.2) is 0 Å². The molecule has 0 aliphatic carbocycles. The first-order valence-electron chi connectivity index (χ1n) is 6.87. The highest BCUT2D eigenvalue weighted by Gasteiger charge is 2.25. The number of rotatable bonds is 4. The zero-order chi connectivity index (χ0) is 13.9. The summed E-state index contributed by atoms with van der Waals surface area (Å²) in [6.45, 7) is 0.110. The molecule has 1 aliphatic heterocycles. The summed E-state index contributed by atoms with van der Waals surface area (Å²) in [6, 6.07) is 15.0. The van der Waals surface area contributed by atoms with Crippen molar-refractivity contribution in [3.8, 4) is 0 Å². The molecule has 0 bridgehead atoms. The minimum Gasteiger partial charge on any atom is -0.396 e. The van der Waals surface area contributed by atoms with Crippen LogP contribution >= 0.6 is 11.8 Å². The molecule has 1 heterocycles. The van der Waals surface area contributed by atoms with Gasteiger partial charge in [0.05, 0.1) is 0 Å². The Bertz CT molecular complexity index is 557. The highest BCUT2D eigenvalue weighted by molar-refractivity contribution is 8.00. The smallest absolute Gasteiger partial charge is 0.123 e. The third-order valence-corrected chi connectivity index (χ3v) is 5.17. The van der Waals surface area contributed by atoms with Crippen molar-refractivity contribution in [3.63, 3.8) is 0 Å². The molecule has 0 saturated heterocycles. The minimum atomic E-state index is -0.229. The fourth-order valence-electron chi connectivity index (χ4n) is 2.75. The van der Waals surface area contributed by atoms with Crippen LogP contribution in [0.3, 0.4) is 0 Å². The molecule has 2 aromatic rings. The fourth-order valence-corrected chi connectivity index (χ4v) is 4.16. The largest absolute Gasteiger partial charge is 0.396 e. The van der Waals surface area contributed by atoms with Crippen LogP contribution in [0.15, 0.2) is 53.4 Å². The highest BCUT2D eigenvalue weighted by atomic mass is 32.2. The first kappa shape index (κ1) is 13.7. The predicted octanol–water partition coefficient (Wildman–Crippen LogP) is 4.01. The van der Waals surface area contributed by atoms with Gasteiger partial charge in [-0.05, 0) is 42.2 Å². The van der Waals surface area contributed by atoms with E-state index in [0.717, 1.165) is 18.4 Å². The van der Waals surface area contributed by atoms with Crippen molar-refractivity contribution in [2.75, 3.05) is 6.61 Å². The molecule has 104 valence electrons. The van der Waals surface area contributed by atoms with Crippen LogP contribution in [0.25, 0.3) is 0 Å². The molecule has 2 aromatic carbocycles. The number of aliphatic hydroxyl groups excluding tert-OH is 1.